The second kappa shape index (κ2) is 11.0. The average molecular weight is 779 g/mol. The number of sulfone groups is 1. The molecular formula is C44H24F6O3S2. The maximum atomic E-state index is 14.3. The zero-order valence-electron chi connectivity index (χ0n) is 28.7. The van der Waals surface area contributed by atoms with Gasteiger partial charge in [-0.3, -0.25) is 0 Å². The van der Waals surface area contributed by atoms with Gasteiger partial charge in [0.1, 0.15) is 0 Å². The van der Waals surface area contributed by atoms with Crippen LogP contribution in [0.2, 0.25) is 0 Å². The second-order valence-electron chi connectivity index (χ2n) is 14.2. The topological polar surface area (TPSA) is 51.2 Å². The van der Waals surface area contributed by atoms with E-state index in [9.17, 15) is 39.0 Å². The summed E-state index contributed by atoms with van der Waals surface area (Å²) in [6.45, 7) is 3.14. The molecule has 2 aliphatic heterocycles. The molecule has 1 unspecified atom stereocenters. The van der Waals surface area contributed by atoms with Gasteiger partial charge in [-0.2, -0.15) is 26.3 Å². The minimum absolute atomic E-state index is 0.00970. The lowest BCUT2D eigenvalue weighted by atomic mass is 9.91. The van der Waals surface area contributed by atoms with E-state index in [0.717, 1.165) is 24.3 Å². The summed E-state index contributed by atoms with van der Waals surface area (Å²) in [5.74, 6) is 0. The van der Waals surface area contributed by atoms with Crippen LogP contribution in [0.1, 0.15) is 55.6 Å². The third-order valence-electron chi connectivity index (χ3n) is 10.7. The molecule has 11 heteroatoms. The summed E-state index contributed by atoms with van der Waals surface area (Å²) in [5.41, 5.74) is 3.14. The quantitative estimate of drug-likeness (QED) is 0.165. The first kappa shape index (κ1) is 34.0. The summed E-state index contributed by atoms with van der Waals surface area (Å²) in [4.78, 5) is 1.04. The molecule has 1 atom stereocenters. The van der Waals surface area contributed by atoms with E-state index in [2.05, 4.69) is 0 Å². The van der Waals surface area contributed by atoms with Gasteiger partial charge in [-0.05, 0) is 129 Å². The third kappa shape index (κ3) is 4.75. The van der Waals surface area contributed by atoms with Crippen molar-refractivity contribution in [2.75, 3.05) is 0 Å². The number of alkyl halides is 6. The standard InChI is InChI=1S/C44H24F6O3S2/c1-21-11-25(15-27(13-21)43(45,46)47)37-31-17-24-20-34-32(18-23(24)19-33(31)41-39(37)29-7-3-5-9-35(29)54(41)51)38(26-12-22(2)14-28(16-26)44(48,49)50)40-30-8-4-6-10-36(30)55(52,53)42(34)40/h3-20H,1-2H3. The molecule has 0 bridgehead atoms. The average Bonchev–Trinajstić information content (AvgIpc) is 3.79. The minimum Gasteiger partial charge on any atom is -0.249 e. The van der Waals surface area contributed by atoms with Crippen molar-refractivity contribution in [3.8, 4) is 0 Å². The molecular weight excluding hydrogens is 755 g/mol. The predicted molar refractivity (Wildman–Crippen MR) is 201 cm³/mol. The minimum atomic E-state index is -4.66. The Kier molecular flexibility index (Phi) is 6.83. The number of halogens is 6. The Morgan fingerprint density at radius 3 is 1.64 bits per heavy atom. The molecule has 0 amide bonds. The van der Waals surface area contributed by atoms with Crippen LogP contribution in [0.25, 0.3) is 42.9 Å². The highest BCUT2D eigenvalue weighted by Crippen LogP contribution is 2.53. The van der Waals surface area contributed by atoms with Gasteiger partial charge in [-0.1, -0.05) is 48.5 Å². The molecule has 4 aliphatic rings. The lowest BCUT2D eigenvalue weighted by Gasteiger charge is -2.15. The van der Waals surface area contributed by atoms with Crippen LogP contribution in [0.15, 0.2) is 119 Å². The van der Waals surface area contributed by atoms with Crippen molar-refractivity contribution in [3.05, 3.63) is 175 Å². The van der Waals surface area contributed by atoms with Crippen LogP contribution in [-0.2, 0) is 33.0 Å². The molecule has 2 heterocycles. The fraction of sp³-hybridized carbons (Fsp3) is 0.0909. The van der Waals surface area contributed by atoms with Crippen molar-refractivity contribution >= 4 is 63.5 Å². The van der Waals surface area contributed by atoms with Gasteiger partial charge in [0.15, 0.2) is 0 Å². The highest BCUT2D eigenvalue weighted by molar-refractivity contribution is 8.01. The SMILES string of the molecule is Cc1cc(C2=c3cc4cc5c(cc4cc3C3=C2c2ccccc2S3=O)=C(c2cc(C)cc(C(F)(F)F)c2)C2=C5S(=O)(=O)c3ccccc32)cc(C(F)(F)F)c1. The van der Waals surface area contributed by atoms with Crippen molar-refractivity contribution < 1.29 is 39.0 Å². The maximum absolute atomic E-state index is 14.3. The van der Waals surface area contributed by atoms with Crippen molar-refractivity contribution in [3.63, 3.8) is 0 Å². The fourth-order valence-corrected chi connectivity index (χ4v) is 12.1. The van der Waals surface area contributed by atoms with Crippen LogP contribution in [0, 0.1) is 13.8 Å². The van der Waals surface area contributed by atoms with Gasteiger partial charge >= 0.3 is 12.4 Å². The Hall–Kier alpha value is -5.52. The molecule has 0 spiro atoms. The summed E-state index contributed by atoms with van der Waals surface area (Å²) < 4.78 is 128. The number of hydrogen-bond acceptors (Lipinski definition) is 3. The Morgan fingerprint density at radius 2 is 1.04 bits per heavy atom. The first-order chi connectivity index (χ1) is 26.0. The van der Waals surface area contributed by atoms with Crippen LogP contribution in [0.3, 0.4) is 0 Å². The Bertz CT molecular complexity index is 3170. The van der Waals surface area contributed by atoms with E-state index < -0.39 is 44.1 Å². The number of benzene rings is 6. The highest BCUT2D eigenvalue weighted by atomic mass is 32.2. The zero-order valence-corrected chi connectivity index (χ0v) is 30.3. The van der Waals surface area contributed by atoms with Crippen molar-refractivity contribution in [1.29, 1.82) is 0 Å². The van der Waals surface area contributed by atoms with Crippen LogP contribution < -0.4 is 10.4 Å². The third-order valence-corrected chi connectivity index (χ3v) is 14.2. The van der Waals surface area contributed by atoms with E-state index in [1.807, 2.05) is 0 Å². The van der Waals surface area contributed by atoms with Gasteiger partial charge < -0.3 is 0 Å². The lowest BCUT2D eigenvalue weighted by Crippen LogP contribution is -2.15. The molecule has 3 nitrogen and oxygen atoms in total. The molecule has 55 heavy (non-hydrogen) atoms. The van der Waals surface area contributed by atoms with Crippen molar-refractivity contribution in [2.45, 2.75) is 36.0 Å². The number of aryl methyl sites for hydroxylation is 2. The molecule has 0 radical (unpaired) electrons. The summed E-state index contributed by atoms with van der Waals surface area (Å²) in [5, 5.41) is 2.11. The molecule has 0 saturated heterocycles. The number of allylic oxidation sites excluding steroid dienone is 2. The first-order valence-electron chi connectivity index (χ1n) is 17.1. The van der Waals surface area contributed by atoms with Crippen LogP contribution >= 0.6 is 0 Å². The predicted octanol–water partition coefficient (Wildman–Crippen LogP) is 9.56. The van der Waals surface area contributed by atoms with Crippen LogP contribution in [-0.4, -0.2) is 12.6 Å². The Labute approximate surface area is 312 Å². The second-order valence-corrected chi connectivity index (χ2v) is 17.5. The largest absolute Gasteiger partial charge is 0.416 e. The number of hydrogen-bond donors (Lipinski definition) is 0. The van der Waals surface area contributed by atoms with Gasteiger partial charge in [0, 0.05) is 33.4 Å². The molecule has 0 fully saturated rings. The molecule has 0 aromatic heterocycles. The van der Waals surface area contributed by atoms with Gasteiger partial charge in [0.2, 0.25) is 9.84 Å². The van der Waals surface area contributed by atoms with Crippen molar-refractivity contribution in [2.24, 2.45) is 0 Å². The van der Waals surface area contributed by atoms with Crippen molar-refractivity contribution in [1.82, 2.24) is 0 Å². The van der Waals surface area contributed by atoms with E-state index in [1.165, 1.54) is 6.07 Å². The fourth-order valence-electron chi connectivity index (χ4n) is 8.63. The molecule has 10 rings (SSSR count). The number of fused-ring (bicyclic) bond motifs is 9. The summed E-state index contributed by atoms with van der Waals surface area (Å²) in [6, 6.07) is 28.0. The normalized spacial score (nSPS) is 17.8. The molecule has 272 valence electrons. The summed E-state index contributed by atoms with van der Waals surface area (Å²) >= 11 is 0. The molecule has 2 aliphatic carbocycles. The first-order valence-corrected chi connectivity index (χ1v) is 19.8. The number of rotatable bonds is 2. The summed E-state index contributed by atoms with van der Waals surface area (Å²) in [6.07, 6.45) is -9.28. The summed E-state index contributed by atoms with van der Waals surface area (Å²) in [7, 11) is -5.80. The van der Waals surface area contributed by atoms with E-state index in [0.29, 0.717) is 92.2 Å². The maximum Gasteiger partial charge on any atom is 0.416 e. The molecule has 0 saturated carbocycles. The molecule has 6 aromatic rings. The molecule has 6 aromatic carbocycles. The van der Waals surface area contributed by atoms with Gasteiger partial charge in [-0.15, -0.1) is 0 Å². The molecule has 0 N–H and O–H groups in total. The van der Waals surface area contributed by atoms with Crippen LogP contribution in [0.4, 0.5) is 26.3 Å². The smallest absolute Gasteiger partial charge is 0.249 e. The monoisotopic (exact) mass is 778 g/mol. The zero-order chi connectivity index (χ0) is 38.5. The van der Waals surface area contributed by atoms with E-state index in [1.54, 1.807) is 92.7 Å². The van der Waals surface area contributed by atoms with Gasteiger partial charge in [0.25, 0.3) is 0 Å². The van der Waals surface area contributed by atoms with E-state index in [-0.39, 0.29) is 15.4 Å². The lowest BCUT2D eigenvalue weighted by molar-refractivity contribution is -0.138. The Balaban J connectivity index is 1.33. The highest BCUT2D eigenvalue weighted by Gasteiger charge is 2.43. The van der Waals surface area contributed by atoms with E-state index in [4.69, 9.17) is 0 Å². The van der Waals surface area contributed by atoms with Gasteiger partial charge in [0.05, 0.1) is 41.5 Å². The van der Waals surface area contributed by atoms with E-state index >= 15 is 0 Å². The Morgan fingerprint density at radius 1 is 0.527 bits per heavy atom. The van der Waals surface area contributed by atoms with Crippen LogP contribution in [0.5, 0.6) is 0 Å². The van der Waals surface area contributed by atoms with Gasteiger partial charge in [-0.25, -0.2) is 12.6 Å².